The number of nitrogens with zero attached hydrogens (tertiary/aromatic N) is 3. The van der Waals surface area contributed by atoms with E-state index < -0.39 is 0 Å². The predicted molar refractivity (Wildman–Crippen MR) is 242 cm³/mol. The SMILES string of the molecule is c1ccc(-n2c3ccccc3c3cc(-c4ccc5c(c4)c4ccccc4n5-c4cc5c6ccccc6n(-c6ccccc6)c5c5oc6ccccc6c45)ccc32)cc1. The minimum atomic E-state index is 0.878. The summed E-state index contributed by atoms with van der Waals surface area (Å²) in [5.74, 6) is 0. The zero-order valence-electron chi connectivity index (χ0n) is 31.3. The first-order valence-electron chi connectivity index (χ1n) is 19.9. The molecular formula is C54H33N3O. The van der Waals surface area contributed by atoms with Crippen LogP contribution in [0.15, 0.2) is 205 Å². The smallest absolute Gasteiger partial charge is 0.162 e. The molecule has 4 heterocycles. The van der Waals surface area contributed by atoms with Crippen LogP contribution in [-0.2, 0) is 0 Å². The second-order valence-corrected chi connectivity index (χ2v) is 15.3. The second kappa shape index (κ2) is 11.8. The summed E-state index contributed by atoms with van der Waals surface area (Å²) in [4.78, 5) is 0. The van der Waals surface area contributed by atoms with Crippen molar-refractivity contribution in [3.8, 4) is 28.2 Å². The van der Waals surface area contributed by atoms with E-state index in [1.807, 2.05) is 0 Å². The van der Waals surface area contributed by atoms with Gasteiger partial charge in [0, 0.05) is 49.1 Å². The first-order valence-corrected chi connectivity index (χ1v) is 19.9. The highest BCUT2D eigenvalue weighted by molar-refractivity contribution is 6.25. The Hall–Kier alpha value is -7.82. The van der Waals surface area contributed by atoms with Crippen LogP contribution in [0.1, 0.15) is 0 Å². The summed E-state index contributed by atoms with van der Waals surface area (Å²) in [6.45, 7) is 0. The third-order valence-corrected chi connectivity index (χ3v) is 12.2. The molecule has 0 bridgehead atoms. The summed E-state index contributed by atoms with van der Waals surface area (Å²) < 4.78 is 14.2. The minimum absolute atomic E-state index is 0.878. The highest BCUT2D eigenvalue weighted by atomic mass is 16.3. The Kier molecular flexibility index (Phi) is 6.41. The molecule has 9 aromatic carbocycles. The van der Waals surface area contributed by atoms with E-state index in [2.05, 4.69) is 214 Å². The van der Waals surface area contributed by atoms with Crippen LogP contribution >= 0.6 is 0 Å². The number of furan rings is 1. The molecule has 4 aromatic heterocycles. The fourth-order valence-corrected chi connectivity index (χ4v) is 9.75. The first kappa shape index (κ1) is 31.4. The lowest BCUT2D eigenvalue weighted by molar-refractivity contribution is 0.671. The summed E-state index contributed by atoms with van der Waals surface area (Å²) in [7, 11) is 0. The van der Waals surface area contributed by atoms with Gasteiger partial charge in [-0.2, -0.15) is 0 Å². The van der Waals surface area contributed by atoms with Crippen LogP contribution in [0.3, 0.4) is 0 Å². The van der Waals surface area contributed by atoms with E-state index >= 15 is 0 Å². The largest absolute Gasteiger partial charge is 0.454 e. The monoisotopic (exact) mass is 739 g/mol. The van der Waals surface area contributed by atoms with E-state index in [1.54, 1.807) is 0 Å². The molecule has 0 spiro atoms. The molecular weight excluding hydrogens is 707 g/mol. The topological polar surface area (TPSA) is 27.9 Å². The van der Waals surface area contributed by atoms with Gasteiger partial charge in [0.15, 0.2) is 5.58 Å². The average Bonchev–Trinajstić information content (AvgIpc) is 4.03. The van der Waals surface area contributed by atoms with Crippen LogP contribution in [0.2, 0.25) is 0 Å². The van der Waals surface area contributed by atoms with Gasteiger partial charge < -0.3 is 18.1 Å². The molecule has 58 heavy (non-hydrogen) atoms. The number of para-hydroxylation sites is 6. The fraction of sp³-hybridized carbons (Fsp3) is 0. The molecule has 0 saturated heterocycles. The summed E-state index contributed by atoms with van der Waals surface area (Å²) >= 11 is 0. The van der Waals surface area contributed by atoms with Gasteiger partial charge >= 0.3 is 0 Å². The molecule has 0 unspecified atom stereocenters. The molecule has 0 aliphatic carbocycles. The molecule has 0 amide bonds. The van der Waals surface area contributed by atoms with Gasteiger partial charge in [-0.3, -0.25) is 0 Å². The Balaban J connectivity index is 1.09. The van der Waals surface area contributed by atoms with Gasteiger partial charge in [-0.15, -0.1) is 0 Å². The van der Waals surface area contributed by atoms with Gasteiger partial charge in [0.1, 0.15) is 5.58 Å². The molecule has 13 rings (SSSR count). The number of benzene rings is 9. The molecule has 270 valence electrons. The van der Waals surface area contributed by atoms with E-state index in [0.717, 1.165) is 66.5 Å². The van der Waals surface area contributed by atoms with Crippen LogP contribution < -0.4 is 0 Å². The molecule has 0 atom stereocenters. The lowest BCUT2D eigenvalue weighted by atomic mass is 10.0. The number of hydrogen-bond acceptors (Lipinski definition) is 1. The average molecular weight is 740 g/mol. The second-order valence-electron chi connectivity index (χ2n) is 15.3. The van der Waals surface area contributed by atoms with E-state index in [4.69, 9.17) is 4.42 Å². The van der Waals surface area contributed by atoms with Crippen LogP contribution in [0, 0.1) is 0 Å². The van der Waals surface area contributed by atoms with Crippen LogP contribution in [0.5, 0.6) is 0 Å². The standard InChI is InChI=1S/C54H33N3O/c1-3-15-36(16-4-1)55-45-23-11-7-19-38(45)42-31-34(27-29-48(42)55)35-28-30-49-43(32-35)39-20-8-13-25-47(39)57(49)50-33-44-40-21-9-12-24-46(40)56(37-17-5-2-6-18-37)53(44)54-52(50)41-22-10-14-26-51(41)58-54/h1-33H. The molecule has 0 aliphatic heterocycles. The number of fused-ring (bicyclic) bond motifs is 13. The highest BCUT2D eigenvalue weighted by Gasteiger charge is 2.25. The zero-order chi connectivity index (χ0) is 37.9. The number of rotatable bonds is 4. The summed E-state index contributed by atoms with van der Waals surface area (Å²) in [5, 5.41) is 9.49. The molecule has 13 aromatic rings. The summed E-state index contributed by atoms with van der Waals surface area (Å²) in [5.41, 5.74) is 14.5. The lowest BCUT2D eigenvalue weighted by Crippen LogP contribution is -1.97. The molecule has 0 saturated carbocycles. The third kappa shape index (κ3) is 4.29. The van der Waals surface area contributed by atoms with Crippen molar-refractivity contribution in [2.45, 2.75) is 0 Å². The Morgan fingerprint density at radius 2 is 0.759 bits per heavy atom. The summed E-state index contributed by atoms with van der Waals surface area (Å²) in [6.07, 6.45) is 0. The van der Waals surface area contributed by atoms with Crippen molar-refractivity contribution in [2.24, 2.45) is 0 Å². The molecule has 4 nitrogen and oxygen atoms in total. The Labute approximate surface area is 332 Å². The molecule has 4 heteroatoms. The summed E-state index contributed by atoms with van der Waals surface area (Å²) in [6, 6.07) is 72.4. The van der Waals surface area contributed by atoms with Crippen molar-refractivity contribution < 1.29 is 4.42 Å². The predicted octanol–water partition coefficient (Wildman–Crippen LogP) is 14.5. The van der Waals surface area contributed by atoms with Crippen molar-refractivity contribution in [3.05, 3.63) is 200 Å². The van der Waals surface area contributed by atoms with Gasteiger partial charge in [0.2, 0.25) is 0 Å². The van der Waals surface area contributed by atoms with Gasteiger partial charge in [-0.25, -0.2) is 0 Å². The minimum Gasteiger partial charge on any atom is -0.454 e. The fourth-order valence-electron chi connectivity index (χ4n) is 9.75. The van der Waals surface area contributed by atoms with Crippen molar-refractivity contribution in [1.29, 1.82) is 0 Å². The maximum Gasteiger partial charge on any atom is 0.162 e. The van der Waals surface area contributed by atoms with Gasteiger partial charge in [-0.05, 0) is 90.0 Å². The van der Waals surface area contributed by atoms with E-state index in [1.165, 1.54) is 49.1 Å². The number of aromatic nitrogens is 3. The molecule has 0 N–H and O–H groups in total. The lowest BCUT2D eigenvalue weighted by Gasteiger charge is -2.13. The van der Waals surface area contributed by atoms with Crippen molar-refractivity contribution in [1.82, 2.24) is 13.7 Å². The maximum atomic E-state index is 6.96. The Morgan fingerprint density at radius 1 is 0.310 bits per heavy atom. The molecule has 0 radical (unpaired) electrons. The molecule has 0 fully saturated rings. The maximum absolute atomic E-state index is 6.96. The number of hydrogen-bond donors (Lipinski definition) is 0. The van der Waals surface area contributed by atoms with Crippen molar-refractivity contribution in [2.75, 3.05) is 0 Å². The first-order chi connectivity index (χ1) is 28.8. The van der Waals surface area contributed by atoms with E-state index in [9.17, 15) is 0 Å². The Bertz CT molecular complexity index is 3790. The third-order valence-electron chi connectivity index (χ3n) is 12.2. The van der Waals surface area contributed by atoms with Crippen molar-refractivity contribution in [3.63, 3.8) is 0 Å². The molecule has 0 aliphatic rings. The van der Waals surface area contributed by atoms with Gasteiger partial charge in [0.25, 0.3) is 0 Å². The quantitative estimate of drug-likeness (QED) is 0.177. The van der Waals surface area contributed by atoms with Gasteiger partial charge in [-0.1, -0.05) is 121 Å². The Morgan fingerprint density at radius 3 is 1.38 bits per heavy atom. The van der Waals surface area contributed by atoms with Crippen LogP contribution in [0.25, 0.3) is 116 Å². The van der Waals surface area contributed by atoms with E-state index in [-0.39, 0.29) is 0 Å². The van der Waals surface area contributed by atoms with Crippen molar-refractivity contribution >= 4 is 87.4 Å². The van der Waals surface area contributed by atoms with Crippen LogP contribution in [-0.4, -0.2) is 13.7 Å². The van der Waals surface area contributed by atoms with Gasteiger partial charge in [0.05, 0.1) is 44.2 Å². The normalized spacial score (nSPS) is 12.1. The highest BCUT2D eigenvalue weighted by Crippen LogP contribution is 2.46. The van der Waals surface area contributed by atoms with E-state index in [0.29, 0.717) is 0 Å². The van der Waals surface area contributed by atoms with Crippen LogP contribution in [0.4, 0.5) is 0 Å². The zero-order valence-corrected chi connectivity index (χ0v) is 31.3.